The average Bonchev–Trinajstić information content (AvgIpc) is 2.86. The molecule has 1 aromatic rings. The molecule has 76 valence electrons. The molecule has 1 aliphatic carbocycles. The van der Waals surface area contributed by atoms with Gasteiger partial charge in [0.15, 0.2) is 0 Å². The number of nitrogens with zero attached hydrogens (tertiary/aromatic N) is 2. The Hall–Kier alpha value is -1.52. The summed E-state index contributed by atoms with van der Waals surface area (Å²) in [6.45, 7) is 0. The van der Waals surface area contributed by atoms with Crippen LogP contribution in [0.1, 0.15) is 24.3 Å². The highest BCUT2D eigenvalue weighted by atomic mass is 16.1. The fraction of sp³-hybridized carbons (Fsp3) is 0.556. The Bertz CT molecular complexity index is 406. The van der Waals surface area contributed by atoms with Crippen LogP contribution in [-0.4, -0.2) is 24.1 Å². The van der Waals surface area contributed by atoms with E-state index in [0.717, 1.165) is 12.8 Å². The molecule has 1 aliphatic rings. The Morgan fingerprint density at radius 2 is 2.14 bits per heavy atom. The van der Waals surface area contributed by atoms with E-state index in [4.69, 9.17) is 5.73 Å². The van der Waals surface area contributed by atoms with Gasteiger partial charge in [-0.3, -0.25) is 9.78 Å². The van der Waals surface area contributed by atoms with Crippen LogP contribution in [0.5, 0.6) is 0 Å². The summed E-state index contributed by atoms with van der Waals surface area (Å²) in [4.78, 5) is 20.2. The summed E-state index contributed by atoms with van der Waals surface area (Å²) in [7, 11) is 3.63. The molecule has 1 heterocycles. The number of aromatic amines is 1. The van der Waals surface area contributed by atoms with Crippen molar-refractivity contribution in [1.29, 1.82) is 0 Å². The first-order valence-corrected chi connectivity index (χ1v) is 4.66. The van der Waals surface area contributed by atoms with Gasteiger partial charge in [0, 0.05) is 14.1 Å². The number of anilines is 2. The van der Waals surface area contributed by atoms with Crippen LogP contribution in [-0.2, 0) is 0 Å². The zero-order chi connectivity index (χ0) is 10.3. The molecule has 14 heavy (non-hydrogen) atoms. The van der Waals surface area contributed by atoms with Gasteiger partial charge in [-0.2, -0.15) is 4.98 Å². The molecular formula is C9H14N4O. The molecule has 5 heteroatoms. The molecule has 2 rings (SSSR count). The minimum atomic E-state index is -0.0938. The summed E-state index contributed by atoms with van der Waals surface area (Å²) in [5.74, 6) is 1.22. The second kappa shape index (κ2) is 3.01. The van der Waals surface area contributed by atoms with Crippen molar-refractivity contribution in [3.63, 3.8) is 0 Å². The third kappa shape index (κ3) is 1.45. The topological polar surface area (TPSA) is 75.0 Å². The van der Waals surface area contributed by atoms with Gasteiger partial charge in [0.1, 0.15) is 5.82 Å². The van der Waals surface area contributed by atoms with E-state index >= 15 is 0 Å². The number of hydrogen-bond donors (Lipinski definition) is 2. The largest absolute Gasteiger partial charge is 0.383 e. The first-order valence-electron chi connectivity index (χ1n) is 4.66. The molecule has 1 aromatic heterocycles. The van der Waals surface area contributed by atoms with Crippen LogP contribution in [0, 0.1) is 0 Å². The normalized spacial score (nSPS) is 15.6. The zero-order valence-corrected chi connectivity index (χ0v) is 8.37. The van der Waals surface area contributed by atoms with Crippen LogP contribution >= 0.6 is 0 Å². The summed E-state index contributed by atoms with van der Waals surface area (Å²) in [5, 5.41) is 0. The number of H-pyrrole nitrogens is 1. The molecule has 0 spiro atoms. The summed E-state index contributed by atoms with van der Waals surface area (Å²) in [6.07, 6.45) is 2.10. The van der Waals surface area contributed by atoms with Crippen LogP contribution in [0.2, 0.25) is 0 Å². The van der Waals surface area contributed by atoms with Crippen LogP contribution in [0.3, 0.4) is 0 Å². The molecule has 0 saturated heterocycles. The van der Waals surface area contributed by atoms with Gasteiger partial charge >= 0.3 is 0 Å². The lowest BCUT2D eigenvalue weighted by Crippen LogP contribution is -2.22. The third-order valence-electron chi connectivity index (χ3n) is 2.38. The number of rotatable bonds is 2. The Balaban J connectivity index is 2.49. The van der Waals surface area contributed by atoms with Gasteiger partial charge in [-0.15, -0.1) is 0 Å². The van der Waals surface area contributed by atoms with Gasteiger partial charge in [-0.05, 0) is 18.8 Å². The van der Waals surface area contributed by atoms with Crippen LogP contribution < -0.4 is 16.2 Å². The highest BCUT2D eigenvalue weighted by Gasteiger charge is 2.29. The molecule has 0 radical (unpaired) electrons. The molecule has 0 aliphatic heterocycles. The first-order chi connectivity index (χ1) is 6.59. The van der Waals surface area contributed by atoms with Crippen molar-refractivity contribution in [2.45, 2.75) is 18.8 Å². The maximum atomic E-state index is 11.6. The molecule has 0 aromatic carbocycles. The predicted molar refractivity (Wildman–Crippen MR) is 55.6 cm³/mol. The van der Waals surface area contributed by atoms with Crippen molar-refractivity contribution in [2.75, 3.05) is 24.7 Å². The van der Waals surface area contributed by atoms with E-state index in [2.05, 4.69) is 9.97 Å². The van der Waals surface area contributed by atoms with Crippen molar-refractivity contribution in [2.24, 2.45) is 0 Å². The minimum absolute atomic E-state index is 0.0938. The molecule has 0 amide bonds. The maximum Gasteiger partial charge on any atom is 0.257 e. The van der Waals surface area contributed by atoms with Gasteiger partial charge in [0.05, 0.1) is 5.56 Å². The van der Waals surface area contributed by atoms with E-state index in [1.54, 1.807) is 4.90 Å². The van der Waals surface area contributed by atoms with Gasteiger partial charge < -0.3 is 10.6 Å². The number of aromatic nitrogens is 2. The molecule has 3 N–H and O–H groups in total. The first kappa shape index (κ1) is 9.05. The van der Waals surface area contributed by atoms with E-state index in [0.29, 0.717) is 23.2 Å². The molecule has 5 nitrogen and oxygen atoms in total. The lowest BCUT2D eigenvalue weighted by molar-refractivity contribution is 0.945. The fourth-order valence-electron chi connectivity index (χ4n) is 1.47. The van der Waals surface area contributed by atoms with Crippen LogP contribution in [0.4, 0.5) is 11.8 Å². The summed E-state index contributed by atoms with van der Waals surface area (Å²) < 4.78 is 0. The number of nitrogens with two attached hydrogens (primary N) is 1. The summed E-state index contributed by atoms with van der Waals surface area (Å²) in [6, 6.07) is 0. The lowest BCUT2D eigenvalue weighted by atomic mass is 10.2. The van der Waals surface area contributed by atoms with Crippen LogP contribution in [0.15, 0.2) is 4.79 Å². The van der Waals surface area contributed by atoms with E-state index in [-0.39, 0.29) is 5.56 Å². The second-order valence-electron chi connectivity index (χ2n) is 3.86. The highest BCUT2D eigenvalue weighted by Crippen LogP contribution is 2.40. The van der Waals surface area contributed by atoms with Gasteiger partial charge in [0.2, 0.25) is 5.95 Å². The van der Waals surface area contributed by atoms with Crippen molar-refractivity contribution < 1.29 is 0 Å². The SMILES string of the molecule is CN(C)c1nc(N)c(C2CC2)c(=O)[nH]1. The second-order valence-corrected chi connectivity index (χ2v) is 3.86. The standard InChI is InChI=1S/C9H14N4O/c1-13(2)9-11-7(10)6(5-3-4-5)8(14)12-9/h5H,3-4H2,1-2H3,(H3,10,11,12,14). The van der Waals surface area contributed by atoms with Gasteiger partial charge in [0.25, 0.3) is 5.56 Å². The van der Waals surface area contributed by atoms with Crippen molar-refractivity contribution in [3.8, 4) is 0 Å². The minimum Gasteiger partial charge on any atom is -0.383 e. The molecule has 0 bridgehead atoms. The Labute approximate surface area is 82.0 Å². The average molecular weight is 194 g/mol. The van der Waals surface area contributed by atoms with Gasteiger partial charge in [-0.1, -0.05) is 0 Å². The Kier molecular flexibility index (Phi) is 1.94. The van der Waals surface area contributed by atoms with E-state index in [9.17, 15) is 4.79 Å². The lowest BCUT2D eigenvalue weighted by Gasteiger charge is -2.12. The molecule has 1 saturated carbocycles. The molecule has 0 unspecified atom stereocenters. The van der Waals surface area contributed by atoms with Crippen LogP contribution in [0.25, 0.3) is 0 Å². The van der Waals surface area contributed by atoms with E-state index in [1.165, 1.54) is 0 Å². The van der Waals surface area contributed by atoms with E-state index in [1.807, 2.05) is 14.1 Å². The Morgan fingerprint density at radius 3 is 2.57 bits per heavy atom. The highest BCUT2D eigenvalue weighted by molar-refractivity contribution is 5.46. The maximum absolute atomic E-state index is 11.6. The summed E-state index contributed by atoms with van der Waals surface area (Å²) >= 11 is 0. The Morgan fingerprint density at radius 1 is 1.50 bits per heavy atom. The van der Waals surface area contributed by atoms with Crippen molar-refractivity contribution in [1.82, 2.24) is 9.97 Å². The third-order valence-corrected chi connectivity index (χ3v) is 2.38. The van der Waals surface area contributed by atoms with Crippen molar-refractivity contribution in [3.05, 3.63) is 15.9 Å². The molecule has 0 atom stereocenters. The fourth-order valence-corrected chi connectivity index (χ4v) is 1.47. The number of nitrogens with one attached hydrogen (secondary N) is 1. The number of hydrogen-bond acceptors (Lipinski definition) is 4. The van der Waals surface area contributed by atoms with Crippen molar-refractivity contribution >= 4 is 11.8 Å². The smallest absolute Gasteiger partial charge is 0.257 e. The monoisotopic (exact) mass is 194 g/mol. The quantitative estimate of drug-likeness (QED) is 0.709. The molecular weight excluding hydrogens is 180 g/mol. The van der Waals surface area contributed by atoms with E-state index < -0.39 is 0 Å². The summed E-state index contributed by atoms with van der Waals surface area (Å²) in [5.41, 5.74) is 6.31. The van der Waals surface area contributed by atoms with Gasteiger partial charge in [-0.25, -0.2) is 0 Å². The zero-order valence-electron chi connectivity index (χ0n) is 8.37. The molecule has 1 fully saturated rings. The predicted octanol–water partition coefficient (Wildman–Crippen LogP) is 0.295. The number of nitrogen functional groups attached to an aromatic ring is 1.